The molecule has 5 heteroatoms. The molecule has 0 atom stereocenters. The summed E-state index contributed by atoms with van der Waals surface area (Å²) in [5.74, 6) is 1.63. The van der Waals surface area contributed by atoms with Gasteiger partial charge in [0.15, 0.2) is 5.82 Å². The molecule has 1 heterocycles. The van der Waals surface area contributed by atoms with E-state index >= 15 is 0 Å². The molecule has 5 nitrogen and oxygen atoms in total. The van der Waals surface area contributed by atoms with Crippen LogP contribution in [0.2, 0.25) is 0 Å². The maximum absolute atomic E-state index is 10.5. The van der Waals surface area contributed by atoms with Gasteiger partial charge in [-0.2, -0.15) is 4.98 Å². The molecular weight excluding hydrogens is 232 g/mol. The first-order valence-corrected chi connectivity index (χ1v) is 6.73. The second-order valence-corrected chi connectivity index (χ2v) is 5.07. The Balaban J connectivity index is 1.88. The third-order valence-electron chi connectivity index (χ3n) is 3.83. The third kappa shape index (κ3) is 3.31. The molecule has 100 valence electrons. The van der Waals surface area contributed by atoms with Gasteiger partial charge < -0.3 is 9.63 Å². The molecule has 0 spiro atoms. The van der Waals surface area contributed by atoms with Gasteiger partial charge in [-0.05, 0) is 31.6 Å². The fourth-order valence-electron chi connectivity index (χ4n) is 2.58. The highest BCUT2D eigenvalue weighted by atomic mass is 16.5. The van der Waals surface area contributed by atoms with Crippen molar-refractivity contribution >= 4 is 5.97 Å². The highest BCUT2D eigenvalue weighted by Gasteiger charge is 2.25. The van der Waals surface area contributed by atoms with Crippen molar-refractivity contribution in [2.45, 2.75) is 57.8 Å². The molecule has 1 aromatic rings. The molecule has 18 heavy (non-hydrogen) atoms. The number of aliphatic carboxylic acids is 1. The Hall–Kier alpha value is -1.39. The van der Waals surface area contributed by atoms with Crippen molar-refractivity contribution in [3.63, 3.8) is 0 Å². The first kappa shape index (κ1) is 13.1. The summed E-state index contributed by atoms with van der Waals surface area (Å²) in [5, 5.41) is 12.6. The minimum Gasteiger partial charge on any atom is -0.481 e. The number of carboxylic acids is 1. The van der Waals surface area contributed by atoms with E-state index < -0.39 is 5.97 Å². The van der Waals surface area contributed by atoms with Crippen LogP contribution in [0.15, 0.2) is 4.52 Å². The van der Waals surface area contributed by atoms with Gasteiger partial charge in [0.2, 0.25) is 5.89 Å². The summed E-state index contributed by atoms with van der Waals surface area (Å²) in [6.07, 6.45) is 6.34. The Morgan fingerprint density at radius 1 is 1.39 bits per heavy atom. The van der Waals surface area contributed by atoms with Crippen LogP contribution in [0.4, 0.5) is 0 Å². The molecule has 1 aliphatic carbocycles. The smallest absolute Gasteiger partial charge is 0.303 e. The maximum atomic E-state index is 10.5. The van der Waals surface area contributed by atoms with Crippen molar-refractivity contribution in [2.24, 2.45) is 5.92 Å². The Morgan fingerprint density at radius 2 is 2.11 bits per heavy atom. The van der Waals surface area contributed by atoms with Gasteiger partial charge in [0.1, 0.15) is 0 Å². The quantitative estimate of drug-likeness (QED) is 0.872. The van der Waals surface area contributed by atoms with Crippen LogP contribution in [0, 0.1) is 5.92 Å². The molecule has 0 aliphatic heterocycles. The van der Waals surface area contributed by atoms with Gasteiger partial charge in [-0.15, -0.1) is 0 Å². The summed E-state index contributed by atoms with van der Waals surface area (Å²) in [7, 11) is 0. The average Bonchev–Trinajstić information content (AvgIpc) is 2.85. The highest BCUT2D eigenvalue weighted by Crippen LogP contribution is 2.35. The molecule has 0 radical (unpaired) electrons. The minimum absolute atomic E-state index is 0.0458. The lowest BCUT2D eigenvalue weighted by Crippen LogP contribution is -2.13. The van der Waals surface area contributed by atoms with Crippen LogP contribution in [0.5, 0.6) is 0 Å². The molecule has 1 aliphatic rings. The fourth-order valence-corrected chi connectivity index (χ4v) is 2.58. The van der Waals surface area contributed by atoms with Gasteiger partial charge in [0, 0.05) is 12.3 Å². The number of hydrogen-bond acceptors (Lipinski definition) is 4. The molecule has 1 saturated carbocycles. The second kappa shape index (κ2) is 5.98. The molecule has 1 fully saturated rings. The van der Waals surface area contributed by atoms with Crippen molar-refractivity contribution in [1.82, 2.24) is 10.1 Å². The van der Waals surface area contributed by atoms with Crippen molar-refractivity contribution < 1.29 is 14.4 Å². The van der Waals surface area contributed by atoms with E-state index in [2.05, 4.69) is 17.1 Å². The first-order valence-electron chi connectivity index (χ1n) is 6.73. The van der Waals surface area contributed by atoms with Gasteiger partial charge in [-0.25, -0.2) is 0 Å². The monoisotopic (exact) mass is 252 g/mol. The van der Waals surface area contributed by atoms with E-state index in [1.807, 2.05) is 0 Å². The van der Waals surface area contributed by atoms with Crippen LogP contribution in [0.1, 0.15) is 63.1 Å². The van der Waals surface area contributed by atoms with E-state index in [0.29, 0.717) is 18.2 Å². The minimum atomic E-state index is -0.835. The number of nitrogens with zero attached hydrogens (tertiary/aromatic N) is 2. The van der Waals surface area contributed by atoms with Gasteiger partial charge in [-0.3, -0.25) is 4.79 Å². The van der Waals surface area contributed by atoms with E-state index in [1.165, 1.54) is 19.3 Å². The van der Waals surface area contributed by atoms with Crippen LogP contribution in [0.3, 0.4) is 0 Å². The van der Waals surface area contributed by atoms with E-state index in [-0.39, 0.29) is 6.42 Å². The number of rotatable bonds is 5. The third-order valence-corrected chi connectivity index (χ3v) is 3.83. The zero-order valence-electron chi connectivity index (χ0n) is 10.8. The molecule has 0 aromatic carbocycles. The van der Waals surface area contributed by atoms with Crippen LogP contribution < -0.4 is 0 Å². The Kier molecular flexibility index (Phi) is 4.33. The zero-order chi connectivity index (χ0) is 13.0. The molecule has 2 rings (SSSR count). The van der Waals surface area contributed by atoms with Crippen molar-refractivity contribution in [3.05, 3.63) is 11.7 Å². The van der Waals surface area contributed by atoms with E-state index in [0.717, 1.165) is 24.6 Å². The lowest BCUT2D eigenvalue weighted by molar-refractivity contribution is -0.137. The van der Waals surface area contributed by atoms with Crippen molar-refractivity contribution in [3.8, 4) is 0 Å². The number of aromatic nitrogens is 2. The van der Waals surface area contributed by atoms with E-state index in [9.17, 15) is 4.79 Å². The Labute approximate surface area is 107 Å². The molecule has 1 N–H and O–H groups in total. The normalized spacial score (nSPS) is 24.1. The Morgan fingerprint density at radius 3 is 2.72 bits per heavy atom. The highest BCUT2D eigenvalue weighted by molar-refractivity contribution is 5.66. The molecule has 0 amide bonds. The number of hydrogen-bond donors (Lipinski definition) is 1. The fraction of sp³-hybridized carbons (Fsp3) is 0.769. The predicted molar refractivity (Wildman–Crippen MR) is 65.2 cm³/mol. The van der Waals surface area contributed by atoms with Gasteiger partial charge in [0.25, 0.3) is 0 Å². The van der Waals surface area contributed by atoms with Crippen LogP contribution in [-0.2, 0) is 11.2 Å². The largest absolute Gasteiger partial charge is 0.481 e. The standard InChI is InChI=1S/C13H20N2O3/c1-2-9-3-5-10(6-4-9)13-14-11(18-15-13)7-8-12(16)17/h9-10H,2-8H2,1H3,(H,16,17). The molecule has 0 saturated heterocycles. The van der Waals surface area contributed by atoms with Crippen LogP contribution in [-0.4, -0.2) is 21.2 Å². The molecule has 1 aromatic heterocycles. The topological polar surface area (TPSA) is 76.2 Å². The van der Waals surface area contributed by atoms with Gasteiger partial charge in [0.05, 0.1) is 6.42 Å². The zero-order valence-corrected chi connectivity index (χ0v) is 10.8. The number of carboxylic acid groups (broad SMARTS) is 1. The van der Waals surface area contributed by atoms with Crippen LogP contribution >= 0.6 is 0 Å². The number of carbonyl (C=O) groups is 1. The van der Waals surface area contributed by atoms with Crippen LogP contribution in [0.25, 0.3) is 0 Å². The molecule has 0 bridgehead atoms. The average molecular weight is 252 g/mol. The second-order valence-electron chi connectivity index (χ2n) is 5.07. The summed E-state index contributed by atoms with van der Waals surface area (Å²) < 4.78 is 5.10. The van der Waals surface area contributed by atoms with E-state index in [1.54, 1.807) is 0 Å². The number of aryl methyl sites for hydroxylation is 1. The van der Waals surface area contributed by atoms with Crippen molar-refractivity contribution in [1.29, 1.82) is 0 Å². The maximum Gasteiger partial charge on any atom is 0.303 e. The summed E-state index contributed by atoms with van der Waals surface area (Å²) in [6, 6.07) is 0. The van der Waals surface area contributed by atoms with Gasteiger partial charge >= 0.3 is 5.97 Å². The summed E-state index contributed by atoms with van der Waals surface area (Å²) in [6.45, 7) is 2.24. The summed E-state index contributed by atoms with van der Waals surface area (Å²) >= 11 is 0. The van der Waals surface area contributed by atoms with Gasteiger partial charge in [-0.1, -0.05) is 18.5 Å². The molecule has 0 unspecified atom stereocenters. The van der Waals surface area contributed by atoms with Crippen molar-refractivity contribution in [2.75, 3.05) is 0 Å². The Bertz CT molecular complexity index is 395. The lowest BCUT2D eigenvalue weighted by Gasteiger charge is -2.25. The SMILES string of the molecule is CCC1CCC(c2noc(CCC(=O)O)n2)CC1. The first-order chi connectivity index (χ1) is 8.69. The van der Waals surface area contributed by atoms with E-state index in [4.69, 9.17) is 9.63 Å². The summed E-state index contributed by atoms with van der Waals surface area (Å²) in [4.78, 5) is 14.8. The molecular formula is C13H20N2O3. The summed E-state index contributed by atoms with van der Waals surface area (Å²) in [5.41, 5.74) is 0. The lowest BCUT2D eigenvalue weighted by atomic mass is 9.80. The predicted octanol–water partition coefficient (Wildman–Crippen LogP) is 2.77.